The maximum Gasteiger partial charge on any atom is 0.220 e. The first-order valence-electron chi connectivity index (χ1n) is 6.28. The number of aryl methyl sites for hydroxylation is 1. The summed E-state index contributed by atoms with van der Waals surface area (Å²) in [6, 6.07) is 7.50. The zero-order chi connectivity index (χ0) is 13.5. The summed E-state index contributed by atoms with van der Waals surface area (Å²) in [5, 5.41) is 12.3. The fraction of sp³-hybridized carbons (Fsp3) is 0.500. The molecule has 0 aliphatic heterocycles. The highest BCUT2D eigenvalue weighted by Crippen LogP contribution is 2.07. The van der Waals surface area contributed by atoms with E-state index in [2.05, 4.69) is 5.32 Å². The average Bonchev–Trinajstić information content (AvgIpc) is 2.35. The summed E-state index contributed by atoms with van der Waals surface area (Å²) in [7, 11) is 0. The van der Waals surface area contributed by atoms with E-state index in [4.69, 9.17) is 5.73 Å². The number of anilines is 1. The number of amides is 1. The monoisotopic (exact) mass is 250 g/mol. The van der Waals surface area contributed by atoms with Gasteiger partial charge in [-0.25, -0.2) is 0 Å². The van der Waals surface area contributed by atoms with Crippen molar-refractivity contribution in [1.82, 2.24) is 5.32 Å². The van der Waals surface area contributed by atoms with Crippen LogP contribution in [0.4, 0.5) is 5.69 Å². The Bertz CT molecular complexity index is 374. The van der Waals surface area contributed by atoms with Crippen molar-refractivity contribution in [3.8, 4) is 0 Å². The fourth-order valence-corrected chi connectivity index (χ4v) is 1.48. The smallest absolute Gasteiger partial charge is 0.220 e. The number of aliphatic hydroxyl groups is 1. The number of carbonyl (C=O) groups is 1. The van der Waals surface area contributed by atoms with Gasteiger partial charge in [0.15, 0.2) is 0 Å². The van der Waals surface area contributed by atoms with E-state index >= 15 is 0 Å². The minimum atomic E-state index is -0.481. The molecule has 0 aliphatic carbocycles. The number of nitrogen functional groups attached to an aromatic ring is 1. The second kappa shape index (κ2) is 7.01. The number of aliphatic hydroxyl groups excluding tert-OH is 1. The van der Waals surface area contributed by atoms with Crippen molar-refractivity contribution in [2.45, 2.75) is 32.8 Å². The second-order valence-corrected chi connectivity index (χ2v) is 4.86. The molecule has 0 spiro atoms. The molecule has 100 valence electrons. The van der Waals surface area contributed by atoms with Gasteiger partial charge in [-0.15, -0.1) is 0 Å². The highest BCUT2D eigenvalue weighted by Gasteiger charge is 2.10. The summed E-state index contributed by atoms with van der Waals surface area (Å²) in [6.45, 7) is 4.16. The van der Waals surface area contributed by atoms with Gasteiger partial charge in [0.2, 0.25) is 5.91 Å². The standard InChI is InChI=1S/C14H22N2O2/c1-10(2)13(17)9-16-14(18)8-5-11-3-6-12(15)7-4-11/h3-4,6-7,10,13,17H,5,8-9,15H2,1-2H3,(H,16,18). The van der Waals surface area contributed by atoms with E-state index < -0.39 is 6.10 Å². The van der Waals surface area contributed by atoms with E-state index in [0.29, 0.717) is 19.4 Å². The zero-order valence-electron chi connectivity index (χ0n) is 11.0. The van der Waals surface area contributed by atoms with E-state index in [9.17, 15) is 9.90 Å². The van der Waals surface area contributed by atoms with E-state index in [0.717, 1.165) is 11.3 Å². The normalized spacial score (nSPS) is 12.4. The second-order valence-electron chi connectivity index (χ2n) is 4.86. The minimum Gasteiger partial charge on any atom is -0.399 e. The van der Waals surface area contributed by atoms with Crippen LogP contribution in [0.5, 0.6) is 0 Å². The molecule has 4 N–H and O–H groups in total. The molecular weight excluding hydrogens is 228 g/mol. The fourth-order valence-electron chi connectivity index (χ4n) is 1.48. The van der Waals surface area contributed by atoms with Gasteiger partial charge in [-0.3, -0.25) is 4.79 Å². The number of hydrogen-bond acceptors (Lipinski definition) is 3. The summed E-state index contributed by atoms with van der Waals surface area (Å²) in [5.41, 5.74) is 7.40. The third kappa shape index (κ3) is 5.19. The van der Waals surface area contributed by atoms with Crippen LogP contribution in [0.3, 0.4) is 0 Å². The first-order valence-corrected chi connectivity index (χ1v) is 6.28. The third-order valence-electron chi connectivity index (χ3n) is 2.90. The average molecular weight is 250 g/mol. The Kier molecular flexibility index (Phi) is 5.65. The third-order valence-corrected chi connectivity index (χ3v) is 2.90. The highest BCUT2D eigenvalue weighted by molar-refractivity contribution is 5.76. The van der Waals surface area contributed by atoms with Crippen LogP contribution in [0.2, 0.25) is 0 Å². The molecule has 0 heterocycles. The molecule has 0 fully saturated rings. The van der Waals surface area contributed by atoms with E-state index in [1.807, 2.05) is 38.1 Å². The Labute approximate surface area is 108 Å². The van der Waals surface area contributed by atoms with Crippen LogP contribution in [0.25, 0.3) is 0 Å². The van der Waals surface area contributed by atoms with Gasteiger partial charge in [0, 0.05) is 18.7 Å². The molecule has 0 saturated carbocycles. The van der Waals surface area contributed by atoms with Crippen LogP contribution in [0.1, 0.15) is 25.8 Å². The predicted molar refractivity (Wildman–Crippen MR) is 73.0 cm³/mol. The van der Waals surface area contributed by atoms with Gasteiger partial charge in [0.1, 0.15) is 0 Å². The summed E-state index contributed by atoms with van der Waals surface area (Å²) in [6.07, 6.45) is 0.629. The van der Waals surface area contributed by atoms with Crippen molar-refractivity contribution in [3.05, 3.63) is 29.8 Å². The lowest BCUT2D eigenvalue weighted by Gasteiger charge is -2.14. The van der Waals surface area contributed by atoms with Gasteiger partial charge < -0.3 is 16.2 Å². The van der Waals surface area contributed by atoms with Crippen molar-refractivity contribution in [1.29, 1.82) is 0 Å². The highest BCUT2D eigenvalue weighted by atomic mass is 16.3. The molecule has 1 amide bonds. The first-order chi connectivity index (χ1) is 8.49. The number of rotatable bonds is 6. The van der Waals surface area contributed by atoms with Crippen molar-refractivity contribution in [2.75, 3.05) is 12.3 Å². The molecule has 0 saturated heterocycles. The molecule has 0 radical (unpaired) electrons. The van der Waals surface area contributed by atoms with Crippen LogP contribution in [-0.2, 0) is 11.2 Å². The maximum atomic E-state index is 11.6. The van der Waals surface area contributed by atoms with E-state index in [1.54, 1.807) is 0 Å². The Morgan fingerprint density at radius 2 is 1.94 bits per heavy atom. The summed E-state index contributed by atoms with van der Waals surface area (Å²) in [5.74, 6) is 0.119. The molecule has 1 rings (SSSR count). The zero-order valence-corrected chi connectivity index (χ0v) is 11.0. The number of nitrogens with two attached hydrogens (primary N) is 1. The largest absolute Gasteiger partial charge is 0.399 e. The van der Waals surface area contributed by atoms with Crippen LogP contribution in [0, 0.1) is 5.92 Å². The van der Waals surface area contributed by atoms with Gasteiger partial charge in [-0.05, 0) is 30.0 Å². The summed E-state index contributed by atoms with van der Waals surface area (Å²) in [4.78, 5) is 11.6. The van der Waals surface area contributed by atoms with Gasteiger partial charge >= 0.3 is 0 Å². The Balaban J connectivity index is 2.27. The van der Waals surface area contributed by atoms with Crippen molar-refractivity contribution >= 4 is 11.6 Å². The molecule has 18 heavy (non-hydrogen) atoms. The Morgan fingerprint density at radius 3 is 2.50 bits per heavy atom. The molecular formula is C14H22N2O2. The summed E-state index contributed by atoms with van der Waals surface area (Å²) >= 11 is 0. The number of nitrogens with one attached hydrogen (secondary N) is 1. The van der Waals surface area contributed by atoms with Gasteiger partial charge in [-0.2, -0.15) is 0 Å². The lowest BCUT2D eigenvalue weighted by atomic mass is 10.1. The van der Waals surface area contributed by atoms with Crippen LogP contribution in [-0.4, -0.2) is 23.7 Å². The number of carbonyl (C=O) groups excluding carboxylic acids is 1. The van der Waals surface area contributed by atoms with Crippen LogP contribution in [0.15, 0.2) is 24.3 Å². The van der Waals surface area contributed by atoms with E-state index in [1.165, 1.54) is 0 Å². The van der Waals surface area contributed by atoms with Crippen LogP contribution < -0.4 is 11.1 Å². The number of benzene rings is 1. The first kappa shape index (κ1) is 14.5. The predicted octanol–water partition coefficient (Wildman–Crippen LogP) is 1.33. The Morgan fingerprint density at radius 1 is 1.33 bits per heavy atom. The SMILES string of the molecule is CC(C)C(O)CNC(=O)CCc1ccc(N)cc1. The van der Waals surface area contributed by atoms with Crippen molar-refractivity contribution < 1.29 is 9.90 Å². The van der Waals surface area contributed by atoms with Gasteiger partial charge in [-0.1, -0.05) is 26.0 Å². The molecule has 1 unspecified atom stereocenters. The lowest BCUT2D eigenvalue weighted by molar-refractivity contribution is -0.121. The van der Waals surface area contributed by atoms with Crippen LogP contribution >= 0.6 is 0 Å². The maximum absolute atomic E-state index is 11.6. The van der Waals surface area contributed by atoms with E-state index in [-0.39, 0.29) is 11.8 Å². The molecule has 0 aromatic heterocycles. The molecule has 4 heteroatoms. The Hall–Kier alpha value is -1.55. The molecule has 1 aromatic carbocycles. The van der Waals surface area contributed by atoms with Crippen molar-refractivity contribution in [3.63, 3.8) is 0 Å². The lowest BCUT2D eigenvalue weighted by Crippen LogP contribution is -2.34. The summed E-state index contributed by atoms with van der Waals surface area (Å²) < 4.78 is 0. The molecule has 0 bridgehead atoms. The number of hydrogen-bond donors (Lipinski definition) is 3. The topological polar surface area (TPSA) is 75.3 Å². The minimum absolute atomic E-state index is 0.0356. The quantitative estimate of drug-likeness (QED) is 0.667. The molecule has 0 aliphatic rings. The van der Waals surface area contributed by atoms with Gasteiger partial charge in [0.25, 0.3) is 0 Å². The van der Waals surface area contributed by atoms with Gasteiger partial charge in [0.05, 0.1) is 6.10 Å². The molecule has 1 atom stereocenters. The molecule has 4 nitrogen and oxygen atoms in total. The van der Waals surface area contributed by atoms with Crippen molar-refractivity contribution in [2.24, 2.45) is 5.92 Å². The molecule has 1 aromatic rings.